The Labute approximate surface area is 105 Å². The molecule has 0 radical (unpaired) electrons. The molecule has 0 aromatic carbocycles. The van der Waals surface area contributed by atoms with Crippen LogP contribution in [0.5, 0.6) is 0 Å². The third-order valence-electron chi connectivity index (χ3n) is 2.22. The Morgan fingerprint density at radius 3 is 3.00 bits per heavy atom. The maximum Gasteiger partial charge on any atom is 0.261 e. The van der Waals surface area contributed by atoms with Gasteiger partial charge in [-0.05, 0) is 36.3 Å². The summed E-state index contributed by atoms with van der Waals surface area (Å²) in [7, 11) is 0. The van der Waals surface area contributed by atoms with Crippen LogP contribution in [0.3, 0.4) is 0 Å². The summed E-state index contributed by atoms with van der Waals surface area (Å²) in [6, 6.07) is 1.99. The summed E-state index contributed by atoms with van der Waals surface area (Å²) in [6.07, 6.45) is 2.37. The second kappa shape index (κ2) is 6.60. The van der Waals surface area contributed by atoms with Gasteiger partial charge in [-0.1, -0.05) is 19.1 Å². The Kier molecular flexibility index (Phi) is 5.42. The Morgan fingerprint density at radius 1 is 1.62 bits per heavy atom. The normalized spacial score (nSPS) is 10.1. The molecule has 0 fully saturated rings. The Balaban J connectivity index is 2.38. The first-order valence-corrected chi connectivity index (χ1v) is 6.56. The van der Waals surface area contributed by atoms with Gasteiger partial charge in [0.2, 0.25) is 0 Å². The highest BCUT2D eigenvalue weighted by Gasteiger charge is 2.10. The van der Waals surface area contributed by atoms with E-state index in [0.717, 1.165) is 23.3 Å². The van der Waals surface area contributed by atoms with Crippen molar-refractivity contribution in [3.05, 3.63) is 21.9 Å². The van der Waals surface area contributed by atoms with Gasteiger partial charge in [0.05, 0.1) is 9.87 Å². The number of carbonyl (C=O) groups excluding carboxylic acids is 1. The van der Waals surface area contributed by atoms with Crippen LogP contribution < -0.4 is 11.1 Å². The van der Waals surface area contributed by atoms with E-state index in [1.165, 1.54) is 11.3 Å². The maximum atomic E-state index is 11.8. The van der Waals surface area contributed by atoms with Crippen LogP contribution in [-0.4, -0.2) is 17.4 Å². The number of aryl methyl sites for hydroxylation is 1. The van der Waals surface area contributed by atoms with Crippen molar-refractivity contribution < 1.29 is 4.79 Å². The lowest BCUT2D eigenvalue weighted by Crippen LogP contribution is -2.25. The van der Waals surface area contributed by atoms with Crippen molar-refractivity contribution in [1.29, 1.82) is 0 Å². The number of hydrogen-bond donors (Lipinski definition) is 2. The summed E-state index contributed by atoms with van der Waals surface area (Å²) >= 11 is 6.24. The van der Waals surface area contributed by atoms with Gasteiger partial charge in [0.1, 0.15) is 0 Å². The van der Waals surface area contributed by atoms with Crippen molar-refractivity contribution in [1.82, 2.24) is 5.32 Å². The van der Waals surface area contributed by atoms with Gasteiger partial charge in [0, 0.05) is 6.54 Å². The van der Waals surface area contributed by atoms with E-state index in [1.54, 1.807) is 0 Å². The first-order valence-electron chi connectivity index (χ1n) is 5.28. The minimum absolute atomic E-state index is 0.00906. The number of thiocarbonyl (C=S) groups is 1. The van der Waals surface area contributed by atoms with Crippen LogP contribution in [0, 0.1) is 0 Å². The molecule has 88 valence electrons. The number of rotatable bonds is 6. The molecule has 0 atom stereocenters. The SMILES string of the molecule is CCc1ccsc1C(=O)NCCCC(N)=S. The zero-order valence-electron chi connectivity index (χ0n) is 9.29. The second-order valence-corrected chi connectivity index (χ2v) is 4.89. The molecular weight excluding hydrogens is 240 g/mol. The Hall–Kier alpha value is -0.940. The van der Waals surface area contributed by atoms with E-state index in [4.69, 9.17) is 18.0 Å². The zero-order chi connectivity index (χ0) is 12.0. The fourth-order valence-corrected chi connectivity index (χ4v) is 2.41. The number of nitrogens with one attached hydrogen (secondary N) is 1. The molecule has 1 aromatic heterocycles. The average molecular weight is 256 g/mol. The molecule has 5 heteroatoms. The lowest BCUT2D eigenvalue weighted by atomic mass is 10.2. The predicted molar refractivity (Wildman–Crippen MR) is 72.0 cm³/mol. The quantitative estimate of drug-likeness (QED) is 0.605. The lowest BCUT2D eigenvalue weighted by molar-refractivity contribution is 0.0956. The lowest BCUT2D eigenvalue weighted by Gasteiger charge is -2.04. The standard InChI is InChI=1S/C11H16N2OS2/c1-2-8-5-7-16-10(8)11(14)13-6-3-4-9(12)15/h5,7H,2-4,6H2,1H3,(H2,12,15)(H,13,14). The monoisotopic (exact) mass is 256 g/mol. The van der Waals surface area contributed by atoms with Crippen molar-refractivity contribution in [2.45, 2.75) is 26.2 Å². The molecule has 0 unspecified atom stereocenters. The topological polar surface area (TPSA) is 55.1 Å². The molecule has 0 saturated carbocycles. The summed E-state index contributed by atoms with van der Waals surface area (Å²) < 4.78 is 0. The van der Waals surface area contributed by atoms with E-state index >= 15 is 0 Å². The number of nitrogens with two attached hydrogens (primary N) is 1. The first-order chi connectivity index (χ1) is 7.65. The summed E-state index contributed by atoms with van der Waals surface area (Å²) in [5.41, 5.74) is 6.48. The molecule has 1 aromatic rings. The van der Waals surface area contributed by atoms with E-state index in [2.05, 4.69) is 5.32 Å². The largest absolute Gasteiger partial charge is 0.393 e. The molecule has 1 heterocycles. The molecule has 1 rings (SSSR count). The molecule has 0 saturated heterocycles. The highest BCUT2D eigenvalue weighted by molar-refractivity contribution is 7.80. The van der Waals surface area contributed by atoms with Crippen LogP contribution >= 0.6 is 23.6 Å². The summed E-state index contributed by atoms with van der Waals surface area (Å²) in [6.45, 7) is 2.67. The van der Waals surface area contributed by atoms with Gasteiger partial charge >= 0.3 is 0 Å². The molecule has 0 spiro atoms. The van der Waals surface area contributed by atoms with Gasteiger partial charge < -0.3 is 11.1 Å². The van der Waals surface area contributed by atoms with E-state index in [1.807, 2.05) is 18.4 Å². The Morgan fingerprint density at radius 2 is 2.38 bits per heavy atom. The molecule has 0 aliphatic heterocycles. The van der Waals surface area contributed by atoms with Crippen molar-refractivity contribution in [2.24, 2.45) is 5.73 Å². The van der Waals surface area contributed by atoms with Gasteiger partial charge in [-0.15, -0.1) is 11.3 Å². The third kappa shape index (κ3) is 3.90. The second-order valence-electron chi connectivity index (χ2n) is 3.45. The molecule has 3 nitrogen and oxygen atoms in total. The predicted octanol–water partition coefficient (Wildman–Crippen LogP) is 2.11. The average Bonchev–Trinajstić information content (AvgIpc) is 2.71. The van der Waals surface area contributed by atoms with E-state index in [0.29, 0.717) is 18.0 Å². The van der Waals surface area contributed by atoms with E-state index < -0.39 is 0 Å². The number of amides is 1. The van der Waals surface area contributed by atoms with Crippen LogP contribution in [0.1, 0.15) is 35.0 Å². The Bertz CT molecular complexity index is 374. The van der Waals surface area contributed by atoms with Gasteiger partial charge in [0.15, 0.2) is 0 Å². The highest BCUT2D eigenvalue weighted by Crippen LogP contribution is 2.16. The highest BCUT2D eigenvalue weighted by atomic mass is 32.1. The molecular formula is C11H16N2OS2. The summed E-state index contributed by atoms with van der Waals surface area (Å²) in [4.78, 5) is 13.1. The van der Waals surface area contributed by atoms with Gasteiger partial charge in [-0.25, -0.2) is 0 Å². The van der Waals surface area contributed by atoms with Gasteiger partial charge in [-0.2, -0.15) is 0 Å². The van der Waals surface area contributed by atoms with Crippen LogP contribution in [0.4, 0.5) is 0 Å². The van der Waals surface area contributed by atoms with Crippen LogP contribution in [-0.2, 0) is 6.42 Å². The van der Waals surface area contributed by atoms with Crippen LogP contribution in [0.25, 0.3) is 0 Å². The molecule has 0 aliphatic carbocycles. The van der Waals surface area contributed by atoms with Crippen molar-refractivity contribution >= 4 is 34.5 Å². The van der Waals surface area contributed by atoms with Crippen LogP contribution in [0.2, 0.25) is 0 Å². The number of carbonyl (C=O) groups is 1. The van der Waals surface area contributed by atoms with Crippen molar-refractivity contribution in [3.8, 4) is 0 Å². The molecule has 0 aliphatic rings. The van der Waals surface area contributed by atoms with Gasteiger partial charge in [-0.3, -0.25) is 4.79 Å². The molecule has 3 N–H and O–H groups in total. The van der Waals surface area contributed by atoms with Crippen molar-refractivity contribution in [3.63, 3.8) is 0 Å². The van der Waals surface area contributed by atoms with Crippen molar-refractivity contribution in [2.75, 3.05) is 6.54 Å². The van der Waals surface area contributed by atoms with E-state index in [9.17, 15) is 4.79 Å². The zero-order valence-corrected chi connectivity index (χ0v) is 10.9. The minimum Gasteiger partial charge on any atom is -0.393 e. The third-order valence-corrected chi connectivity index (χ3v) is 3.38. The fraction of sp³-hybridized carbons (Fsp3) is 0.455. The maximum absolute atomic E-state index is 11.8. The molecule has 1 amide bonds. The number of thiophene rings is 1. The van der Waals surface area contributed by atoms with Crippen LogP contribution in [0.15, 0.2) is 11.4 Å². The first kappa shape index (κ1) is 13.1. The van der Waals surface area contributed by atoms with Gasteiger partial charge in [0.25, 0.3) is 5.91 Å². The molecule has 16 heavy (non-hydrogen) atoms. The smallest absolute Gasteiger partial charge is 0.261 e. The summed E-state index contributed by atoms with van der Waals surface area (Å²) in [5, 5.41) is 4.82. The number of hydrogen-bond acceptors (Lipinski definition) is 3. The minimum atomic E-state index is 0.00906. The van der Waals surface area contributed by atoms with E-state index in [-0.39, 0.29) is 5.91 Å². The summed E-state index contributed by atoms with van der Waals surface area (Å²) in [5.74, 6) is 0.00906. The fourth-order valence-electron chi connectivity index (χ4n) is 1.36. The molecule has 0 bridgehead atoms.